The van der Waals surface area contributed by atoms with E-state index in [0.29, 0.717) is 12.0 Å². The Bertz CT molecular complexity index is 576. The van der Waals surface area contributed by atoms with Crippen molar-refractivity contribution < 1.29 is 14.7 Å². The van der Waals surface area contributed by atoms with Crippen molar-refractivity contribution in [1.29, 1.82) is 0 Å². The van der Waals surface area contributed by atoms with E-state index in [4.69, 9.17) is 5.11 Å². The van der Waals surface area contributed by atoms with Gasteiger partial charge in [-0.2, -0.15) is 0 Å². The number of fused-ring (bicyclic) bond motifs is 1. The summed E-state index contributed by atoms with van der Waals surface area (Å²) in [6, 6.07) is 5.21. The second-order valence-corrected chi connectivity index (χ2v) is 6.57. The van der Waals surface area contributed by atoms with Gasteiger partial charge in [0.05, 0.1) is 11.6 Å². The van der Waals surface area contributed by atoms with E-state index < -0.39 is 5.97 Å². The Morgan fingerprint density at radius 1 is 1.18 bits per heavy atom. The topological polar surface area (TPSA) is 66.4 Å². The van der Waals surface area contributed by atoms with Gasteiger partial charge in [0, 0.05) is 6.42 Å². The van der Waals surface area contributed by atoms with Crippen LogP contribution < -0.4 is 5.32 Å². The van der Waals surface area contributed by atoms with Crippen molar-refractivity contribution in [2.24, 2.45) is 5.92 Å². The molecule has 118 valence electrons. The summed E-state index contributed by atoms with van der Waals surface area (Å²) < 4.78 is 0. The number of carboxylic acid groups (broad SMARTS) is 1. The number of benzene rings is 1. The third-order valence-electron chi connectivity index (χ3n) is 5.06. The number of hydrogen-bond donors (Lipinski definition) is 2. The molecule has 0 aromatic heterocycles. The van der Waals surface area contributed by atoms with Crippen LogP contribution in [0.2, 0.25) is 0 Å². The van der Waals surface area contributed by atoms with E-state index in [2.05, 4.69) is 5.32 Å². The Hall–Kier alpha value is -1.84. The highest BCUT2D eigenvalue weighted by Crippen LogP contribution is 2.32. The molecular weight excluding hydrogens is 278 g/mol. The second-order valence-electron chi connectivity index (χ2n) is 6.57. The highest BCUT2D eigenvalue weighted by atomic mass is 16.4. The number of nitrogens with one attached hydrogen (secondary N) is 1. The van der Waals surface area contributed by atoms with Gasteiger partial charge in [0.1, 0.15) is 0 Å². The minimum absolute atomic E-state index is 0.0228. The molecule has 4 heteroatoms. The van der Waals surface area contributed by atoms with Crippen molar-refractivity contribution in [3.8, 4) is 0 Å². The highest BCUT2D eigenvalue weighted by molar-refractivity contribution is 5.88. The predicted octanol–water partition coefficient (Wildman–Crippen LogP) is 3.46. The lowest BCUT2D eigenvalue weighted by Gasteiger charge is -2.15. The summed E-state index contributed by atoms with van der Waals surface area (Å²) in [5.41, 5.74) is 2.44. The van der Waals surface area contributed by atoms with Gasteiger partial charge < -0.3 is 10.4 Å². The minimum Gasteiger partial charge on any atom is -0.478 e. The number of aryl methyl sites for hydroxylation is 1. The van der Waals surface area contributed by atoms with Gasteiger partial charge in [0.25, 0.3) is 0 Å². The number of aromatic carboxylic acids is 1. The fourth-order valence-corrected chi connectivity index (χ4v) is 3.79. The van der Waals surface area contributed by atoms with E-state index in [1.165, 1.54) is 25.7 Å². The van der Waals surface area contributed by atoms with Crippen LogP contribution in [0.4, 0.5) is 0 Å². The summed E-state index contributed by atoms with van der Waals surface area (Å²) in [6.07, 6.45) is 8.50. The van der Waals surface area contributed by atoms with Crippen LogP contribution >= 0.6 is 0 Å². The van der Waals surface area contributed by atoms with Crippen molar-refractivity contribution in [3.63, 3.8) is 0 Å². The van der Waals surface area contributed by atoms with E-state index in [9.17, 15) is 9.59 Å². The average Bonchev–Trinajstić information content (AvgIpc) is 3.14. The standard InChI is InChI=1S/C18H23NO3/c20-17(10-5-12-3-1-2-4-12)19-16-9-8-13-6-7-14(18(21)22)11-15(13)16/h6-7,11-12,16H,1-5,8-10H2,(H,19,20)(H,21,22)/t16-/m1/s1. The molecule has 2 aliphatic rings. The molecule has 0 radical (unpaired) electrons. The van der Waals surface area contributed by atoms with Gasteiger partial charge in [-0.3, -0.25) is 4.79 Å². The monoisotopic (exact) mass is 301 g/mol. The summed E-state index contributed by atoms with van der Waals surface area (Å²) in [6.45, 7) is 0. The molecule has 3 rings (SSSR count). The fraction of sp³-hybridized carbons (Fsp3) is 0.556. The fourth-order valence-electron chi connectivity index (χ4n) is 3.79. The Labute approximate surface area is 130 Å². The quantitative estimate of drug-likeness (QED) is 0.875. The van der Waals surface area contributed by atoms with E-state index in [1.54, 1.807) is 12.1 Å². The third-order valence-corrected chi connectivity index (χ3v) is 5.06. The summed E-state index contributed by atoms with van der Waals surface area (Å²) in [7, 11) is 0. The van der Waals surface area contributed by atoms with Crippen LogP contribution in [0.3, 0.4) is 0 Å². The number of carbonyl (C=O) groups is 2. The number of carboxylic acids is 1. The SMILES string of the molecule is O=C(CCC1CCCC1)N[C@@H]1CCc2ccc(C(=O)O)cc21. The second kappa shape index (κ2) is 6.51. The molecule has 1 amide bonds. The van der Waals surface area contributed by atoms with Gasteiger partial charge in [0.2, 0.25) is 5.91 Å². The first-order valence-corrected chi connectivity index (χ1v) is 8.29. The molecule has 0 unspecified atom stereocenters. The highest BCUT2D eigenvalue weighted by Gasteiger charge is 2.25. The van der Waals surface area contributed by atoms with Crippen molar-refractivity contribution in [3.05, 3.63) is 34.9 Å². The smallest absolute Gasteiger partial charge is 0.335 e. The predicted molar refractivity (Wildman–Crippen MR) is 83.8 cm³/mol. The molecule has 1 saturated carbocycles. The summed E-state index contributed by atoms with van der Waals surface area (Å²) >= 11 is 0. The Balaban J connectivity index is 1.59. The molecule has 1 aromatic carbocycles. The lowest BCUT2D eigenvalue weighted by Crippen LogP contribution is -2.27. The first kappa shape index (κ1) is 15.1. The molecule has 1 fully saturated rings. The Morgan fingerprint density at radius 3 is 2.68 bits per heavy atom. The van der Waals surface area contributed by atoms with Crippen molar-refractivity contribution >= 4 is 11.9 Å². The maximum Gasteiger partial charge on any atom is 0.335 e. The van der Waals surface area contributed by atoms with Crippen LogP contribution in [0.15, 0.2) is 18.2 Å². The van der Waals surface area contributed by atoms with Crippen LogP contribution in [-0.2, 0) is 11.2 Å². The summed E-state index contributed by atoms with van der Waals surface area (Å²) in [5, 5.41) is 12.2. The molecule has 4 nitrogen and oxygen atoms in total. The van der Waals surface area contributed by atoms with Gasteiger partial charge in [-0.1, -0.05) is 31.7 Å². The summed E-state index contributed by atoms with van der Waals surface area (Å²) in [4.78, 5) is 23.2. The summed E-state index contributed by atoms with van der Waals surface area (Å²) in [5.74, 6) is -0.0910. The molecule has 0 aliphatic heterocycles. The van der Waals surface area contributed by atoms with Crippen LogP contribution in [-0.4, -0.2) is 17.0 Å². The molecule has 0 saturated heterocycles. The molecule has 22 heavy (non-hydrogen) atoms. The zero-order valence-corrected chi connectivity index (χ0v) is 12.8. The molecule has 2 N–H and O–H groups in total. The van der Waals surface area contributed by atoms with Crippen LogP contribution in [0.1, 0.15) is 72.5 Å². The number of amides is 1. The maximum absolute atomic E-state index is 12.2. The lowest BCUT2D eigenvalue weighted by molar-refractivity contribution is -0.122. The molecule has 0 spiro atoms. The van der Waals surface area contributed by atoms with Gasteiger partial charge in [-0.15, -0.1) is 0 Å². The van der Waals surface area contributed by atoms with Crippen LogP contribution in [0.25, 0.3) is 0 Å². The molecule has 1 atom stereocenters. The van der Waals surface area contributed by atoms with Crippen molar-refractivity contribution in [2.45, 2.75) is 57.4 Å². The maximum atomic E-state index is 12.2. The van der Waals surface area contributed by atoms with Gasteiger partial charge in [0.15, 0.2) is 0 Å². The zero-order chi connectivity index (χ0) is 15.5. The van der Waals surface area contributed by atoms with Crippen molar-refractivity contribution in [1.82, 2.24) is 5.32 Å². The Morgan fingerprint density at radius 2 is 1.95 bits per heavy atom. The number of carbonyl (C=O) groups excluding carboxylic acids is 1. The number of rotatable bonds is 5. The third kappa shape index (κ3) is 3.32. The molecular formula is C18H23NO3. The average molecular weight is 301 g/mol. The van der Waals surface area contributed by atoms with E-state index in [1.807, 2.05) is 6.07 Å². The van der Waals surface area contributed by atoms with Gasteiger partial charge in [-0.05, 0) is 48.4 Å². The normalized spacial score (nSPS) is 20.8. The van der Waals surface area contributed by atoms with E-state index >= 15 is 0 Å². The van der Waals surface area contributed by atoms with Gasteiger partial charge in [-0.25, -0.2) is 4.79 Å². The van der Waals surface area contributed by atoms with Gasteiger partial charge >= 0.3 is 5.97 Å². The van der Waals surface area contributed by atoms with Crippen molar-refractivity contribution in [2.75, 3.05) is 0 Å². The number of hydrogen-bond acceptors (Lipinski definition) is 2. The lowest BCUT2D eigenvalue weighted by atomic mass is 10.0. The first-order valence-electron chi connectivity index (χ1n) is 8.29. The molecule has 0 heterocycles. The minimum atomic E-state index is -0.916. The van der Waals surface area contributed by atoms with E-state index in [0.717, 1.165) is 36.3 Å². The van der Waals surface area contributed by atoms with Crippen LogP contribution in [0.5, 0.6) is 0 Å². The Kier molecular flexibility index (Phi) is 4.46. The van der Waals surface area contributed by atoms with E-state index in [-0.39, 0.29) is 11.9 Å². The molecule has 2 aliphatic carbocycles. The molecule has 1 aromatic rings. The first-order chi connectivity index (χ1) is 10.6. The largest absolute Gasteiger partial charge is 0.478 e. The van der Waals surface area contributed by atoms with Crippen LogP contribution in [0, 0.1) is 5.92 Å². The zero-order valence-electron chi connectivity index (χ0n) is 12.8. The molecule has 0 bridgehead atoms.